The van der Waals surface area contributed by atoms with E-state index in [0.29, 0.717) is 6.08 Å². The van der Waals surface area contributed by atoms with E-state index in [1.807, 2.05) is 0 Å². The van der Waals surface area contributed by atoms with Gasteiger partial charge >= 0.3 is 0 Å². The topological polar surface area (TPSA) is 40.0 Å². The van der Waals surface area contributed by atoms with Gasteiger partial charge in [0.25, 0.3) is 6.08 Å². The Morgan fingerprint density at radius 1 is 1.23 bits per heavy atom. The standard InChI is InChI=1S/C14H15ClF3NO3/c1-9(2)19-22-6-5-21-14-11(15)7-10(8-12(14)16)20-4-3-13(17)18/h3,7-8H,4-6H2,1-2H3. The number of hydrogen-bond donors (Lipinski definition) is 0. The first-order valence-corrected chi connectivity index (χ1v) is 6.67. The first kappa shape index (κ1) is 18.2. The Bertz CT molecular complexity index is 533. The van der Waals surface area contributed by atoms with Crippen LogP contribution in [0.1, 0.15) is 13.8 Å². The van der Waals surface area contributed by atoms with E-state index in [2.05, 4.69) is 5.16 Å². The minimum Gasteiger partial charge on any atom is -0.489 e. The van der Waals surface area contributed by atoms with Gasteiger partial charge in [0.2, 0.25) is 0 Å². The van der Waals surface area contributed by atoms with E-state index in [-0.39, 0.29) is 36.3 Å². The largest absolute Gasteiger partial charge is 0.489 e. The van der Waals surface area contributed by atoms with Crippen LogP contribution in [0.15, 0.2) is 29.4 Å². The lowest BCUT2D eigenvalue weighted by atomic mass is 10.3. The van der Waals surface area contributed by atoms with Gasteiger partial charge < -0.3 is 14.3 Å². The number of benzene rings is 1. The van der Waals surface area contributed by atoms with Crippen molar-refractivity contribution in [3.05, 3.63) is 35.1 Å². The SMILES string of the molecule is CC(C)=NOCCOc1c(F)cc(OCC=C(F)F)cc1Cl. The van der Waals surface area contributed by atoms with E-state index in [4.69, 9.17) is 25.9 Å². The second kappa shape index (κ2) is 9.19. The second-order valence-corrected chi connectivity index (χ2v) is 4.65. The molecular formula is C14H15ClF3NO3. The average molecular weight is 338 g/mol. The minimum atomic E-state index is -1.88. The zero-order valence-electron chi connectivity index (χ0n) is 12.0. The molecule has 1 aromatic rings. The molecular weight excluding hydrogens is 323 g/mol. The molecule has 4 nitrogen and oxygen atoms in total. The van der Waals surface area contributed by atoms with E-state index in [0.717, 1.165) is 11.8 Å². The summed E-state index contributed by atoms with van der Waals surface area (Å²) in [6.45, 7) is 3.31. The molecule has 22 heavy (non-hydrogen) atoms. The van der Waals surface area contributed by atoms with Crippen molar-refractivity contribution in [3.63, 3.8) is 0 Å². The van der Waals surface area contributed by atoms with E-state index >= 15 is 0 Å². The smallest absolute Gasteiger partial charge is 0.269 e. The third kappa shape index (κ3) is 6.71. The molecule has 0 saturated carbocycles. The lowest BCUT2D eigenvalue weighted by Gasteiger charge is -2.11. The molecule has 0 heterocycles. The molecule has 8 heteroatoms. The Balaban J connectivity index is 2.58. The highest BCUT2D eigenvalue weighted by molar-refractivity contribution is 6.32. The summed E-state index contributed by atoms with van der Waals surface area (Å²) in [6.07, 6.45) is -1.32. The molecule has 0 radical (unpaired) electrons. The molecule has 0 atom stereocenters. The first-order valence-electron chi connectivity index (χ1n) is 6.29. The van der Waals surface area contributed by atoms with Crippen LogP contribution in [0.3, 0.4) is 0 Å². The molecule has 0 aromatic heterocycles. The average Bonchev–Trinajstić information content (AvgIpc) is 2.40. The summed E-state index contributed by atoms with van der Waals surface area (Å²) in [5, 5.41) is 3.65. The first-order chi connectivity index (χ1) is 10.4. The molecule has 122 valence electrons. The number of halogens is 4. The fourth-order valence-corrected chi connectivity index (χ4v) is 1.57. The van der Waals surface area contributed by atoms with E-state index in [1.165, 1.54) is 6.07 Å². The van der Waals surface area contributed by atoms with Crippen LogP contribution in [-0.4, -0.2) is 25.5 Å². The molecule has 1 aromatic carbocycles. The normalized spacial score (nSPS) is 9.91. The van der Waals surface area contributed by atoms with Gasteiger partial charge in [-0.3, -0.25) is 0 Å². The maximum absolute atomic E-state index is 13.8. The van der Waals surface area contributed by atoms with Gasteiger partial charge in [-0.15, -0.1) is 0 Å². The summed E-state index contributed by atoms with van der Waals surface area (Å²) in [7, 11) is 0. The molecule has 0 aliphatic rings. The fraction of sp³-hybridized carbons (Fsp3) is 0.357. The number of hydrogen-bond acceptors (Lipinski definition) is 4. The summed E-state index contributed by atoms with van der Waals surface area (Å²) in [5.41, 5.74) is 0.740. The van der Waals surface area contributed by atoms with E-state index in [9.17, 15) is 13.2 Å². The molecule has 0 aliphatic heterocycles. The Morgan fingerprint density at radius 2 is 1.95 bits per heavy atom. The van der Waals surface area contributed by atoms with Gasteiger partial charge in [0.05, 0.1) is 10.7 Å². The van der Waals surface area contributed by atoms with Crippen molar-refractivity contribution in [2.75, 3.05) is 19.8 Å². The second-order valence-electron chi connectivity index (χ2n) is 4.24. The van der Waals surface area contributed by atoms with E-state index < -0.39 is 11.9 Å². The number of oxime groups is 1. The van der Waals surface area contributed by atoms with Gasteiger partial charge in [0.15, 0.2) is 18.2 Å². The highest BCUT2D eigenvalue weighted by Crippen LogP contribution is 2.32. The van der Waals surface area contributed by atoms with Gasteiger partial charge in [-0.25, -0.2) is 4.39 Å². The molecule has 0 saturated heterocycles. The van der Waals surface area contributed by atoms with Gasteiger partial charge in [-0.2, -0.15) is 8.78 Å². The summed E-state index contributed by atoms with van der Waals surface area (Å²) >= 11 is 5.86. The van der Waals surface area contributed by atoms with Crippen molar-refractivity contribution in [1.29, 1.82) is 0 Å². The third-order valence-electron chi connectivity index (χ3n) is 2.13. The molecule has 0 unspecified atom stereocenters. The van der Waals surface area contributed by atoms with Crippen molar-refractivity contribution >= 4 is 17.3 Å². The highest BCUT2D eigenvalue weighted by Gasteiger charge is 2.12. The number of nitrogens with zero attached hydrogens (tertiary/aromatic N) is 1. The fourth-order valence-electron chi connectivity index (χ4n) is 1.31. The molecule has 0 bridgehead atoms. The predicted octanol–water partition coefficient (Wildman–Crippen LogP) is 4.43. The maximum Gasteiger partial charge on any atom is 0.269 e. The van der Waals surface area contributed by atoms with Gasteiger partial charge in [0, 0.05) is 18.2 Å². The number of rotatable bonds is 8. The van der Waals surface area contributed by atoms with Crippen LogP contribution in [-0.2, 0) is 4.84 Å². The van der Waals surface area contributed by atoms with Crippen molar-refractivity contribution in [3.8, 4) is 11.5 Å². The Labute approximate surface area is 131 Å². The summed E-state index contributed by atoms with van der Waals surface area (Å²) in [6, 6.07) is 2.28. The van der Waals surface area contributed by atoms with Crippen molar-refractivity contribution in [2.45, 2.75) is 13.8 Å². The molecule has 0 fully saturated rings. The molecule has 1 rings (SSSR count). The quantitative estimate of drug-likeness (QED) is 0.400. The lowest BCUT2D eigenvalue weighted by Crippen LogP contribution is -2.06. The van der Waals surface area contributed by atoms with Crippen LogP contribution < -0.4 is 9.47 Å². The lowest BCUT2D eigenvalue weighted by molar-refractivity contribution is 0.105. The molecule has 0 amide bonds. The van der Waals surface area contributed by atoms with Crippen LogP contribution >= 0.6 is 11.6 Å². The summed E-state index contributed by atoms with van der Waals surface area (Å²) in [4.78, 5) is 4.89. The van der Waals surface area contributed by atoms with Crippen molar-refractivity contribution < 1.29 is 27.5 Å². The van der Waals surface area contributed by atoms with Crippen LogP contribution in [0.4, 0.5) is 13.2 Å². The zero-order valence-corrected chi connectivity index (χ0v) is 12.8. The molecule has 0 spiro atoms. The number of ether oxygens (including phenoxy) is 2. The van der Waals surface area contributed by atoms with Crippen LogP contribution in [0.2, 0.25) is 5.02 Å². The van der Waals surface area contributed by atoms with Gasteiger partial charge in [-0.1, -0.05) is 16.8 Å². The minimum absolute atomic E-state index is 0.0230. The van der Waals surface area contributed by atoms with E-state index in [1.54, 1.807) is 13.8 Å². The zero-order chi connectivity index (χ0) is 16.5. The summed E-state index contributed by atoms with van der Waals surface area (Å²) < 4.78 is 47.6. The van der Waals surface area contributed by atoms with Crippen molar-refractivity contribution in [2.24, 2.45) is 5.16 Å². The van der Waals surface area contributed by atoms with Crippen molar-refractivity contribution in [1.82, 2.24) is 0 Å². The third-order valence-corrected chi connectivity index (χ3v) is 2.41. The Morgan fingerprint density at radius 3 is 2.55 bits per heavy atom. The molecule has 0 aliphatic carbocycles. The Kier molecular flexibility index (Phi) is 7.59. The van der Waals surface area contributed by atoms with Gasteiger partial charge in [-0.05, 0) is 13.8 Å². The van der Waals surface area contributed by atoms with Crippen LogP contribution in [0.25, 0.3) is 0 Å². The predicted molar refractivity (Wildman–Crippen MR) is 77.4 cm³/mol. The Hall–Kier alpha value is -1.89. The van der Waals surface area contributed by atoms with Crippen LogP contribution in [0, 0.1) is 5.82 Å². The molecule has 0 N–H and O–H groups in total. The maximum atomic E-state index is 13.8. The van der Waals surface area contributed by atoms with Gasteiger partial charge in [0.1, 0.15) is 19.0 Å². The summed E-state index contributed by atoms with van der Waals surface area (Å²) in [5.74, 6) is -0.904. The van der Waals surface area contributed by atoms with Crippen LogP contribution in [0.5, 0.6) is 11.5 Å². The monoisotopic (exact) mass is 337 g/mol. The highest BCUT2D eigenvalue weighted by atomic mass is 35.5.